The third-order valence-electron chi connectivity index (χ3n) is 5.89. The van der Waals surface area contributed by atoms with Crippen LogP contribution in [0.4, 0.5) is 5.69 Å². The molecule has 0 bridgehead atoms. The Bertz CT molecular complexity index is 887. The van der Waals surface area contributed by atoms with Crippen molar-refractivity contribution in [2.45, 2.75) is 26.3 Å². The Balaban J connectivity index is 1.54. The summed E-state index contributed by atoms with van der Waals surface area (Å²) in [5.41, 5.74) is 3.34. The number of benzene rings is 2. The van der Waals surface area contributed by atoms with Crippen LogP contribution in [0.3, 0.4) is 0 Å². The highest BCUT2D eigenvalue weighted by Crippen LogP contribution is 2.33. The minimum Gasteiger partial charge on any atom is -0.336 e. The minimum atomic E-state index is -0.0390. The van der Waals surface area contributed by atoms with E-state index in [1.54, 1.807) is 6.07 Å². The fourth-order valence-corrected chi connectivity index (χ4v) is 4.25. The SMILES string of the molecule is CCN1CCN(C(=O)c2cccc(C(=O)N3c4ccccc4CC3C)c2)CC1. The van der Waals surface area contributed by atoms with Gasteiger partial charge in [-0.3, -0.25) is 9.59 Å². The number of hydrogen-bond acceptors (Lipinski definition) is 3. The molecule has 2 heterocycles. The van der Waals surface area contributed by atoms with Crippen LogP contribution in [0.25, 0.3) is 0 Å². The van der Waals surface area contributed by atoms with Crippen molar-refractivity contribution in [3.05, 3.63) is 65.2 Å². The van der Waals surface area contributed by atoms with Gasteiger partial charge in [-0.05, 0) is 49.7 Å². The summed E-state index contributed by atoms with van der Waals surface area (Å²) < 4.78 is 0. The molecule has 0 aliphatic carbocycles. The lowest BCUT2D eigenvalue weighted by atomic mass is 10.1. The molecule has 2 amide bonds. The summed E-state index contributed by atoms with van der Waals surface area (Å²) in [4.78, 5) is 32.3. The topological polar surface area (TPSA) is 43.9 Å². The first-order valence-electron chi connectivity index (χ1n) is 10.1. The van der Waals surface area contributed by atoms with Crippen LogP contribution >= 0.6 is 0 Å². The number of amides is 2. The van der Waals surface area contributed by atoms with E-state index in [2.05, 4.69) is 24.8 Å². The normalized spacial score (nSPS) is 19.6. The second-order valence-corrected chi connectivity index (χ2v) is 7.66. The highest BCUT2D eigenvalue weighted by molar-refractivity contribution is 6.09. The van der Waals surface area contributed by atoms with Crippen LogP contribution in [0.1, 0.15) is 40.1 Å². The van der Waals surface area contributed by atoms with Gasteiger partial charge in [-0.1, -0.05) is 31.2 Å². The van der Waals surface area contributed by atoms with Gasteiger partial charge >= 0.3 is 0 Å². The molecular formula is C23H27N3O2. The molecule has 0 aromatic heterocycles. The van der Waals surface area contributed by atoms with E-state index in [0.717, 1.165) is 44.8 Å². The van der Waals surface area contributed by atoms with Gasteiger partial charge in [0.25, 0.3) is 11.8 Å². The summed E-state index contributed by atoms with van der Waals surface area (Å²) in [7, 11) is 0. The van der Waals surface area contributed by atoms with E-state index in [0.29, 0.717) is 11.1 Å². The maximum absolute atomic E-state index is 13.2. The zero-order valence-corrected chi connectivity index (χ0v) is 16.6. The Kier molecular flexibility index (Phi) is 5.18. The first-order valence-corrected chi connectivity index (χ1v) is 10.1. The maximum atomic E-state index is 13.2. The highest BCUT2D eigenvalue weighted by atomic mass is 16.2. The fraction of sp³-hybridized carbons (Fsp3) is 0.391. The highest BCUT2D eigenvalue weighted by Gasteiger charge is 2.31. The second-order valence-electron chi connectivity index (χ2n) is 7.66. The standard InChI is InChI=1S/C23H27N3O2/c1-3-24-11-13-25(14-12-24)22(27)19-8-6-9-20(16-19)23(28)26-17(2)15-18-7-4-5-10-21(18)26/h4-10,16-17H,3,11-15H2,1-2H3. The summed E-state index contributed by atoms with van der Waals surface area (Å²) in [5.74, 6) is -0.0248. The number of anilines is 1. The Morgan fingerprint density at radius 3 is 2.32 bits per heavy atom. The van der Waals surface area contributed by atoms with Crippen LogP contribution in [0.5, 0.6) is 0 Å². The van der Waals surface area contributed by atoms with Gasteiger partial charge < -0.3 is 14.7 Å². The summed E-state index contributed by atoms with van der Waals surface area (Å²) in [6.45, 7) is 8.51. The molecule has 4 rings (SSSR count). The average Bonchev–Trinajstić information content (AvgIpc) is 3.08. The zero-order chi connectivity index (χ0) is 19.7. The van der Waals surface area contributed by atoms with E-state index in [1.165, 1.54) is 5.56 Å². The first-order chi connectivity index (χ1) is 13.6. The van der Waals surface area contributed by atoms with Gasteiger partial charge in [0.05, 0.1) is 0 Å². The number of para-hydroxylation sites is 1. The molecule has 0 N–H and O–H groups in total. The average molecular weight is 377 g/mol. The number of nitrogens with zero attached hydrogens (tertiary/aromatic N) is 3. The van der Waals surface area contributed by atoms with E-state index in [4.69, 9.17) is 0 Å². The maximum Gasteiger partial charge on any atom is 0.258 e. The van der Waals surface area contributed by atoms with Crippen molar-refractivity contribution in [3.8, 4) is 0 Å². The quantitative estimate of drug-likeness (QED) is 0.826. The lowest BCUT2D eigenvalue weighted by Gasteiger charge is -2.34. The van der Waals surface area contributed by atoms with Gasteiger partial charge in [-0.15, -0.1) is 0 Å². The third kappa shape index (κ3) is 3.42. The number of hydrogen-bond donors (Lipinski definition) is 0. The Morgan fingerprint density at radius 2 is 1.61 bits per heavy atom. The van der Waals surface area contributed by atoms with Crippen molar-refractivity contribution < 1.29 is 9.59 Å². The Morgan fingerprint density at radius 1 is 0.929 bits per heavy atom. The zero-order valence-electron chi connectivity index (χ0n) is 16.6. The number of rotatable bonds is 3. The predicted molar refractivity (Wildman–Crippen MR) is 111 cm³/mol. The largest absolute Gasteiger partial charge is 0.336 e. The molecule has 1 atom stereocenters. The molecule has 0 spiro atoms. The molecule has 2 aliphatic heterocycles. The van der Waals surface area contributed by atoms with E-state index >= 15 is 0 Å². The fourth-order valence-electron chi connectivity index (χ4n) is 4.25. The smallest absolute Gasteiger partial charge is 0.258 e. The van der Waals surface area contributed by atoms with Gasteiger partial charge in [-0.25, -0.2) is 0 Å². The molecule has 2 aromatic rings. The molecule has 1 unspecified atom stereocenters. The summed E-state index contributed by atoms with van der Waals surface area (Å²) in [6, 6.07) is 15.4. The number of carbonyl (C=O) groups is 2. The van der Waals surface area contributed by atoms with Crippen molar-refractivity contribution in [1.29, 1.82) is 0 Å². The third-order valence-corrected chi connectivity index (χ3v) is 5.89. The molecule has 28 heavy (non-hydrogen) atoms. The van der Waals surface area contributed by atoms with Crippen LogP contribution in [0.2, 0.25) is 0 Å². The van der Waals surface area contributed by atoms with Crippen molar-refractivity contribution >= 4 is 17.5 Å². The monoisotopic (exact) mass is 377 g/mol. The Hall–Kier alpha value is -2.66. The lowest BCUT2D eigenvalue weighted by molar-refractivity contribution is 0.0643. The van der Waals surface area contributed by atoms with E-state index in [-0.39, 0.29) is 17.9 Å². The Labute approximate surface area is 166 Å². The molecule has 5 nitrogen and oxygen atoms in total. The molecule has 146 valence electrons. The van der Waals surface area contributed by atoms with E-state index in [1.807, 2.05) is 46.2 Å². The van der Waals surface area contributed by atoms with Crippen LogP contribution in [0, 0.1) is 0 Å². The second kappa shape index (κ2) is 7.76. The van der Waals surface area contributed by atoms with Crippen molar-refractivity contribution in [1.82, 2.24) is 9.80 Å². The molecular weight excluding hydrogens is 350 g/mol. The van der Waals surface area contributed by atoms with Gasteiger partial charge in [0.2, 0.25) is 0 Å². The van der Waals surface area contributed by atoms with Crippen LogP contribution in [0.15, 0.2) is 48.5 Å². The van der Waals surface area contributed by atoms with Crippen molar-refractivity contribution in [3.63, 3.8) is 0 Å². The van der Waals surface area contributed by atoms with Gasteiger partial charge in [0.1, 0.15) is 0 Å². The number of likely N-dealkylation sites (N-methyl/N-ethyl adjacent to an activating group) is 1. The summed E-state index contributed by atoms with van der Waals surface area (Å²) in [5, 5.41) is 0. The first kappa shape index (κ1) is 18.7. The van der Waals surface area contributed by atoms with Crippen LogP contribution in [-0.2, 0) is 6.42 Å². The predicted octanol–water partition coefficient (Wildman–Crippen LogP) is 3.06. The minimum absolute atomic E-state index is 0.0141. The summed E-state index contributed by atoms with van der Waals surface area (Å²) >= 11 is 0. The number of fused-ring (bicyclic) bond motifs is 1. The van der Waals surface area contributed by atoms with Gasteiger partial charge in [-0.2, -0.15) is 0 Å². The number of piperazine rings is 1. The molecule has 0 saturated carbocycles. The van der Waals surface area contributed by atoms with Gasteiger partial charge in [0.15, 0.2) is 0 Å². The molecule has 5 heteroatoms. The molecule has 1 fully saturated rings. The lowest BCUT2D eigenvalue weighted by Crippen LogP contribution is -2.48. The van der Waals surface area contributed by atoms with Crippen LogP contribution < -0.4 is 4.90 Å². The molecule has 2 aliphatic rings. The van der Waals surface area contributed by atoms with Gasteiger partial charge in [0, 0.05) is 49.0 Å². The van der Waals surface area contributed by atoms with Crippen molar-refractivity contribution in [2.75, 3.05) is 37.6 Å². The summed E-state index contributed by atoms with van der Waals surface area (Å²) in [6.07, 6.45) is 0.863. The van der Waals surface area contributed by atoms with E-state index < -0.39 is 0 Å². The van der Waals surface area contributed by atoms with E-state index in [9.17, 15) is 9.59 Å². The molecule has 1 saturated heterocycles. The molecule has 2 aromatic carbocycles. The van der Waals surface area contributed by atoms with Crippen LogP contribution in [-0.4, -0.2) is 60.4 Å². The van der Waals surface area contributed by atoms with Crippen molar-refractivity contribution in [2.24, 2.45) is 0 Å². The number of carbonyl (C=O) groups excluding carboxylic acids is 2. The molecule has 0 radical (unpaired) electrons.